The molecule has 0 bridgehead atoms. The van der Waals surface area contributed by atoms with Crippen LogP contribution >= 0.6 is 11.6 Å². The van der Waals surface area contributed by atoms with Gasteiger partial charge in [0, 0.05) is 5.56 Å². The maximum absolute atomic E-state index is 15.0. The fourth-order valence-electron chi connectivity index (χ4n) is 2.86. The molecule has 0 unspecified atom stereocenters. The molecule has 1 atom stereocenters. The maximum atomic E-state index is 15.0. The first-order chi connectivity index (χ1) is 16.1. The second kappa shape index (κ2) is 9.24. The number of carbonyl (C=O) groups is 1. The molecule has 2 heterocycles. The minimum Gasteiger partial charge on any atom is -0.480 e. The second-order valence-electron chi connectivity index (χ2n) is 7.26. The summed E-state index contributed by atoms with van der Waals surface area (Å²) in [4.78, 5) is 16.4. The smallest absolute Gasteiger partial charge is 0.425 e. The van der Waals surface area contributed by atoms with Gasteiger partial charge in [-0.25, -0.2) is 9.37 Å². The average Bonchev–Trinajstić information content (AvgIpc) is 3.04. The third-order valence-electron chi connectivity index (χ3n) is 4.67. The van der Waals surface area contributed by atoms with Crippen molar-refractivity contribution in [2.75, 3.05) is 11.1 Å². The minimum absolute atomic E-state index is 0.0247. The van der Waals surface area contributed by atoms with Gasteiger partial charge in [-0.05, 0) is 38.1 Å². The van der Waals surface area contributed by atoms with E-state index in [1.165, 1.54) is 6.92 Å². The third kappa shape index (κ3) is 5.75. The van der Waals surface area contributed by atoms with Gasteiger partial charge in [-0.15, -0.1) is 0 Å². The van der Waals surface area contributed by atoms with Crippen LogP contribution in [0.2, 0.25) is 5.15 Å². The Morgan fingerprint density at radius 2 is 1.83 bits per heavy atom. The van der Waals surface area contributed by atoms with Crippen LogP contribution in [0.25, 0.3) is 11.3 Å². The van der Waals surface area contributed by atoms with Gasteiger partial charge in [-0.3, -0.25) is 9.89 Å². The summed E-state index contributed by atoms with van der Waals surface area (Å²) in [5, 5.41) is 8.19. The van der Waals surface area contributed by atoms with Crippen LogP contribution in [-0.4, -0.2) is 33.4 Å². The molecule has 7 nitrogen and oxygen atoms in total. The number of carbonyl (C=O) groups excluding carboxylic acids is 1. The van der Waals surface area contributed by atoms with Crippen molar-refractivity contribution in [3.05, 3.63) is 52.1 Å². The van der Waals surface area contributed by atoms with E-state index < -0.39 is 64.1 Å². The number of halogens is 8. The highest BCUT2D eigenvalue weighted by atomic mass is 35.5. The lowest BCUT2D eigenvalue weighted by atomic mass is 10.0. The Hall–Kier alpha value is -3.55. The van der Waals surface area contributed by atoms with Crippen LogP contribution in [0.4, 0.5) is 42.2 Å². The van der Waals surface area contributed by atoms with Gasteiger partial charge in [0.2, 0.25) is 0 Å². The molecule has 0 saturated heterocycles. The number of aromatic nitrogens is 3. The molecule has 3 rings (SSSR count). The minimum atomic E-state index is -4.88. The largest absolute Gasteiger partial charge is 0.480 e. The van der Waals surface area contributed by atoms with Crippen LogP contribution < -0.4 is 15.8 Å². The van der Waals surface area contributed by atoms with Crippen LogP contribution in [0.15, 0.2) is 24.3 Å². The Morgan fingerprint density at radius 1 is 1.17 bits per heavy atom. The number of benzene rings is 1. The van der Waals surface area contributed by atoms with E-state index in [4.69, 9.17) is 22.1 Å². The van der Waals surface area contributed by atoms with E-state index in [2.05, 4.69) is 20.5 Å². The summed E-state index contributed by atoms with van der Waals surface area (Å²) >= 11 is 5.84. The quantitative estimate of drug-likeness (QED) is 0.368. The van der Waals surface area contributed by atoms with Gasteiger partial charge in [0.1, 0.15) is 23.1 Å². The van der Waals surface area contributed by atoms with Gasteiger partial charge < -0.3 is 15.8 Å². The van der Waals surface area contributed by atoms with Crippen molar-refractivity contribution in [2.24, 2.45) is 0 Å². The molecule has 0 aliphatic carbocycles. The fraction of sp³-hybridized carbons (Fsp3) is 0.250. The molecule has 0 fully saturated rings. The molecule has 0 saturated carbocycles. The topological polar surface area (TPSA) is 106 Å². The lowest BCUT2D eigenvalue weighted by Crippen LogP contribution is -2.32. The molecular formula is C20H15ClF7N5O2. The molecule has 0 spiro atoms. The standard InChI is InChI=1S/C20H15ClF7N5O2/c1-7-16(17(21)33-32-7)31-18(34)11-5-12(22)10(6-14(11)35-8(2)19(23,24)25)13-3-9(20(26,27)28)4-15(29)30-13/h3-6,8H,1-2H3,(H2,29,30)(H,31,34)(H,32,33)/t8-/m0/s1. The van der Waals surface area contributed by atoms with Gasteiger partial charge in [0.15, 0.2) is 11.3 Å². The van der Waals surface area contributed by atoms with E-state index >= 15 is 0 Å². The summed E-state index contributed by atoms with van der Waals surface area (Å²) < 4.78 is 98.7. The Kier molecular flexibility index (Phi) is 6.88. The third-order valence-corrected chi connectivity index (χ3v) is 4.94. The van der Waals surface area contributed by atoms with Gasteiger partial charge in [-0.1, -0.05) is 11.6 Å². The van der Waals surface area contributed by atoms with Gasteiger partial charge in [-0.2, -0.15) is 31.4 Å². The summed E-state index contributed by atoms with van der Waals surface area (Å²) in [6, 6.07) is 2.10. The number of alkyl halides is 6. The molecule has 3 aromatic rings. The van der Waals surface area contributed by atoms with Crippen LogP contribution in [0.5, 0.6) is 5.75 Å². The molecule has 1 aromatic carbocycles. The number of nitrogen functional groups attached to an aromatic ring is 1. The second-order valence-corrected chi connectivity index (χ2v) is 7.62. The Balaban J connectivity index is 2.15. The first-order valence-electron chi connectivity index (χ1n) is 9.51. The van der Waals surface area contributed by atoms with E-state index in [1.54, 1.807) is 0 Å². The number of rotatable bonds is 5. The average molecular weight is 526 g/mol. The summed E-state index contributed by atoms with van der Waals surface area (Å²) in [6.07, 6.45) is -12.2. The fourth-order valence-corrected chi connectivity index (χ4v) is 3.09. The lowest BCUT2D eigenvalue weighted by Gasteiger charge is -2.21. The molecule has 0 aliphatic heterocycles. The van der Waals surface area contributed by atoms with Crippen LogP contribution in [0, 0.1) is 12.7 Å². The first-order valence-corrected chi connectivity index (χ1v) is 9.89. The monoisotopic (exact) mass is 525 g/mol. The number of pyridine rings is 1. The van der Waals surface area contributed by atoms with Gasteiger partial charge in [0.05, 0.1) is 22.5 Å². The molecule has 188 valence electrons. The van der Waals surface area contributed by atoms with Crippen molar-refractivity contribution in [1.29, 1.82) is 0 Å². The first kappa shape index (κ1) is 26.1. The van der Waals surface area contributed by atoms with Crippen molar-refractivity contribution in [3.8, 4) is 17.0 Å². The van der Waals surface area contributed by atoms with Crippen LogP contribution in [0.1, 0.15) is 28.5 Å². The SMILES string of the molecule is Cc1[nH]nc(Cl)c1NC(=O)c1cc(F)c(-c2cc(C(F)(F)F)cc(N)n2)cc1O[C@@H](C)C(F)(F)F. The summed E-state index contributed by atoms with van der Waals surface area (Å²) in [5.74, 6) is -3.79. The number of hydrogen-bond donors (Lipinski definition) is 3. The molecular weight excluding hydrogens is 511 g/mol. The van der Waals surface area contributed by atoms with Gasteiger partial charge in [0.25, 0.3) is 5.91 Å². The van der Waals surface area contributed by atoms with Crippen molar-refractivity contribution in [2.45, 2.75) is 32.3 Å². The summed E-state index contributed by atoms with van der Waals surface area (Å²) in [7, 11) is 0. The number of nitrogens with zero attached hydrogens (tertiary/aromatic N) is 2. The molecule has 0 radical (unpaired) electrons. The highest BCUT2D eigenvalue weighted by Gasteiger charge is 2.39. The van der Waals surface area contributed by atoms with Crippen molar-refractivity contribution >= 4 is 29.0 Å². The molecule has 2 aromatic heterocycles. The number of H-pyrrole nitrogens is 1. The maximum Gasteiger partial charge on any atom is 0.425 e. The number of ether oxygens (including phenoxy) is 1. The van der Waals surface area contributed by atoms with Crippen molar-refractivity contribution < 1.29 is 40.3 Å². The molecule has 0 aliphatic rings. The van der Waals surface area contributed by atoms with Crippen LogP contribution in [-0.2, 0) is 6.18 Å². The highest BCUT2D eigenvalue weighted by Crippen LogP contribution is 2.37. The molecule has 4 N–H and O–H groups in total. The molecule has 1 amide bonds. The Labute approximate surface area is 197 Å². The predicted octanol–water partition coefficient (Wildman–Crippen LogP) is 5.76. The van der Waals surface area contributed by atoms with Crippen molar-refractivity contribution in [3.63, 3.8) is 0 Å². The number of nitrogens with one attached hydrogen (secondary N) is 2. The zero-order valence-corrected chi connectivity index (χ0v) is 18.5. The Morgan fingerprint density at radius 3 is 2.37 bits per heavy atom. The van der Waals surface area contributed by atoms with E-state index in [0.717, 1.165) is 0 Å². The summed E-state index contributed by atoms with van der Waals surface area (Å²) in [5.41, 5.74) is 2.39. The number of amides is 1. The van der Waals surface area contributed by atoms with E-state index in [-0.39, 0.29) is 16.5 Å². The Bertz CT molecular complexity index is 1250. The summed E-state index contributed by atoms with van der Waals surface area (Å²) in [6.45, 7) is 2.10. The number of aromatic amines is 1. The number of hydrogen-bond acceptors (Lipinski definition) is 5. The molecule has 15 heteroatoms. The zero-order valence-electron chi connectivity index (χ0n) is 17.7. The van der Waals surface area contributed by atoms with Crippen LogP contribution in [0.3, 0.4) is 0 Å². The van der Waals surface area contributed by atoms with E-state index in [9.17, 15) is 35.5 Å². The zero-order chi connectivity index (χ0) is 26.3. The predicted molar refractivity (Wildman–Crippen MR) is 111 cm³/mol. The highest BCUT2D eigenvalue weighted by molar-refractivity contribution is 6.33. The number of anilines is 2. The number of aryl methyl sites for hydroxylation is 1. The lowest BCUT2D eigenvalue weighted by molar-refractivity contribution is -0.189. The van der Waals surface area contributed by atoms with Crippen molar-refractivity contribution in [1.82, 2.24) is 15.2 Å². The van der Waals surface area contributed by atoms with E-state index in [1.807, 2.05) is 0 Å². The number of nitrogens with two attached hydrogens (primary N) is 1. The normalized spacial score (nSPS) is 13.0. The molecule has 35 heavy (non-hydrogen) atoms. The van der Waals surface area contributed by atoms with Gasteiger partial charge >= 0.3 is 12.4 Å². The van der Waals surface area contributed by atoms with E-state index in [0.29, 0.717) is 31.2 Å².